The second kappa shape index (κ2) is 4.49. The molecule has 0 bridgehead atoms. The van der Waals surface area contributed by atoms with Gasteiger partial charge in [-0.1, -0.05) is 0 Å². The van der Waals surface area contributed by atoms with E-state index in [1.165, 1.54) is 7.11 Å². The zero-order chi connectivity index (χ0) is 12.5. The fourth-order valence-corrected chi connectivity index (χ4v) is 2.21. The molecule has 0 spiro atoms. The summed E-state index contributed by atoms with van der Waals surface area (Å²) in [5.41, 5.74) is 6.97. The number of methoxy groups -OCH3 is 1. The van der Waals surface area contributed by atoms with Gasteiger partial charge in [0.15, 0.2) is 0 Å². The van der Waals surface area contributed by atoms with Crippen molar-refractivity contribution in [2.45, 2.75) is 18.4 Å². The largest absolute Gasteiger partial charge is 0.399 e. The topological polar surface area (TPSA) is 38.5 Å². The quantitative estimate of drug-likeness (QED) is 0.825. The summed E-state index contributed by atoms with van der Waals surface area (Å²) < 4.78 is 31.8. The van der Waals surface area contributed by atoms with E-state index in [2.05, 4.69) is 0 Å². The average molecular weight is 242 g/mol. The lowest BCUT2D eigenvalue weighted by molar-refractivity contribution is 0.0189. The fourth-order valence-electron chi connectivity index (χ4n) is 2.21. The van der Waals surface area contributed by atoms with E-state index >= 15 is 0 Å². The molecule has 94 valence electrons. The lowest BCUT2D eigenvalue weighted by Crippen LogP contribution is -2.33. The van der Waals surface area contributed by atoms with Crippen molar-refractivity contribution in [1.29, 1.82) is 0 Å². The van der Waals surface area contributed by atoms with Gasteiger partial charge in [-0.15, -0.1) is 0 Å². The lowest BCUT2D eigenvalue weighted by Gasteiger charge is -2.25. The molecule has 1 fully saturated rings. The minimum absolute atomic E-state index is 0.161. The second-order valence-corrected chi connectivity index (χ2v) is 4.39. The van der Waals surface area contributed by atoms with Gasteiger partial charge in [-0.2, -0.15) is 0 Å². The number of hydrogen-bond acceptors (Lipinski definition) is 3. The van der Waals surface area contributed by atoms with Gasteiger partial charge in [0.1, 0.15) is 0 Å². The molecule has 0 saturated carbocycles. The van der Waals surface area contributed by atoms with Crippen LogP contribution < -0.4 is 10.6 Å². The highest BCUT2D eigenvalue weighted by Crippen LogP contribution is 2.35. The van der Waals surface area contributed by atoms with Gasteiger partial charge in [0.05, 0.1) is 19.2 Å². The number of benzene rings is 1. The van der Waals surface area contributed by atoms with E-state index in [1.54, 1.807) is 29.2 Å². The van der Waals surface area contributed by atoms with Gasteiger partial charge in [0, 0.05) is 24.9 Å². The van der Waals surface area contributed by atoms with Gasteiger partial charge in [-0.25, -0.2) is 8.78 Å². The van der Waals surface area contributed by atoms with E-state index in [0.29, 0.717) is 12.3 Å². The molecule has 0 aliphatic carbocycles. The van der Waals surface area contributed by atoms with E-state index in [4.69, 9.17) is 10.5 Å². The molecule has 2 N–H and O–H groups in total. The van der Waals surface area contributed by atoms with Crippen molar-refractivity contribution >= 4 is 11.4 Å². The Kier molecular flexibility index (Phi) is 3.19. The number of nitrogen functional groups attached to an aromatic ring is 1. The highest BCUT2D eigenvalue weighted by atomic mass is 19.3. The molecule has 0 unspecified atom stereocenters. The van der Waals surface area contributed by atoms with Crippen molar-refractivity contribution < 1.29 is 13.5 Å². The maximum atomic E-state index is 13.4. The predicted molar refractivity (Wildman–Crippen MR) is 63.4 cm³/mol. The molecule has 1 saturated heterocycles. The molecule has 1 atom stereocenters. The number of hydrogen-bond donors (Lipinski definition) is 1. The first kappa shape index (κ1) is 12.1. The molecule has 2 rings (SSSR count). The summed E-state index contributed by atoms with van der Waals surface area (Å²) in [4.78, 5) is 1.68. The van der Waals surface area contributed by atoms with Crippen LogP contribution in [0.25, 0.3) is 0 Å². The molecule has 1 aromatic rings. The summed E-state index contributed by atoms with van der Waals surface area (Å²) in [7, 11) is 1.53. The van der Waals surface area contributed by atoms with Gasteiger partial charge in [0.2, 0.25) is 0 Å². The van der Waals surface area contributed by atoms with E-state index in [9.17, 15) is 8.78 Å². The van der Waals surface area contributed by atoms with Crippen LogP contribution in [0.15, 0.2) is 24.3 Å². The summed E-state index contributed by atoms with van der Waals surface area (Å²) in [6, 6.07) is 6.68. The Morgan fingerprint density at radius 2 is 2.06 bits per heavy atom. The van der Waals surface area contributed by atoms with Gasteiger partial charge in [0.25, 0.3) is 5.92 Å². The predicted octanol–water partition coefficient (Wildman–Crippen LogP) is 2.13. The zero-order valence-corrected chi connectivity index (χ0v) is 9.70. The Labute approximate surface area is 99.2 Å². The summed E-state index contributed by atoms with van der Waals surface area (Å²) in [5.74, 6) is -2.65. The molecule has 0 aromatic heterocycles. The van der Waals surface area contributed by atoms with Crippen LogP contribution in [0.5, 0.6) is 0 Å². The van der Waals surface area contributed by atoms with Crippen LogP contribution in [0.1, 0.15) is 6.42 Å². The van der Waals surface area contributed by atoms with Gasteiger partial charge < -0.3 is 15.4 Å². The number of anilines is 2. The maximum Gasteiger partial charge on any atom is 0.267 e. The van der Waals surface area contributed by atoms with Crippen LogP contribution in [-0.4, -0.2) is 32.2 Å². The number of rotatable bonds is 3. The van der Waals surface area contributed by atoms with Crippen molar-refractivity contribution in [3.63, 3.8) is 0 Å². The van der Waals surface area contributed by atoms with Crippen molar-refractivity contribution in [2.24, 2.45) is 0 Å². The molecule has 3 nitrogen and oxygen atoms in total. The number of halogens is 2. The Balaban J connectivity index is 2.20. The Morgan fingerprint density at radius 3 is 2.65 bits per heavy atom. The van der Waals surface area contributed by atoms with E-state index in [0.717, 1.165) is 5.69 Å². The fraction of sp³-hybridized carbons (Fsp3) is 0.500. The maximum absolute atomic E-state index is 13.4. The minimum Gasteiger partial charge on any atom is -0.399 e. The smallest absolute Gasteiger partial charge is 0.267 e. The van der Waals surface area contributed by atoms with E-state index < -0.39 is 5.92 Å². The molecule has 1 aliphatic rings. The lowest BCUT2D eigenvalue weighted by atomic mass is 10.2. The van der Waals surface area contributed by atoms with E-state index in [-0.39, 0.29) is 19.0 Å². The first-order valence-electron chi connectivity index (χ1n) is 5.51. The average Bonchev–Trinajstić information content (AvgIpc) is 2.56. The molecule has 0 radical (unpaired) electrons. The van der Waals surface area contributed by atoms with Gasteiger partial charge in [-0.3, -0.25) is 0 Å². The highest BCUT2D eigenvalue weighted by Gasteiger charge is 2.44. The van der Waals surface area contributed by atoms with Crippen molar-refractivity contribution in [3.8, 4) is 0 Å². The van der Waals surface area contributed by atoms with Crippen LogP contribution in [0.3, 0.4) is 0 Å². The third kappa shape index (κ3) is 2.66. The summed E-state index contributed by atoms with van der Waals surface area (Å²) in [5, 5.41) is 0. The zero-order valence-electron chi connectivity index (χ0n) is 9.70. The van der Waals surface area contributed by atoms with Crippen LogP contribution in [-0.2, 0) is 4.74 Å². The molecule has 5 heteroatoms. The molecular weight excluding hydrogens is 226 g/mol. The Hall–Kier alpha value is -1.36. The number of alkyl halides is 2. The molecule has 17 heavy (non-hydrogen) atoms. The molecule has 1 aromatic carbocycles. The first-order chi connectivity index (χ1) is 8.02. The second-order valence-electron chi connectivity index (χ2n) is 4.39. The number of ether oxygens (including phenoxy) is 1. The van der Waals surface area contributed by atoms with Crippen LogP contribution in [0, 0.1) is 0 Å². The molecule has 1 heterocycles. The summed E-state index contributed by atoms with van der Waals surface area (Å²) >= 11 is 0. The van der Waals surface area contributed by atoms with Crippen LogP contribution in [0.4, 0.5) is 20.2 Å². The summed E-state index contributed by atoms with van der Waals surface area (Å²) in [6.07, 6.45) is -0.161. The van der Waals surface area contributed by atoms with Gasteiger partial charge in [-0.05, 0) is 24.3 Å². The SMILES string of the molecule is COC[C@@H]1CC(F)(F)CN1c1ccc(N)cc1. The Morgan fingerprint density at radius 1 is 1.41 bits per heavy atom. The monoisotopic (exact) mass is 242 g/mol. The van der Waals surface area contributed by atoms with Crippen LogP contribution in [0.2, 0.25) is 0 Å². The number of nitrogens with two attached hydrogens (primary N) is 1. The van der Waals surface area contributed by atoms with Crippen molar-refractivity contribution in [3.05, 3.63) is 24.3 Å². The number of nitrogens with zero attached hydrogens (tertiary/aromatic N) is 1. The molecular formula is C12H16F2N2O. The normalized spacial score (nSPS) is 23.0. The van der Waals surface area contributed by atoms with Crippen LogP contribution >= 0.6 is 0 Å². The molecule has 1 aliphatic heterocycles. The van der Waals surface area contributed by atoms with Gasteiger partial charge >= 0.3 is 0 Å². The van der Waals surface area contributed by atoms with E-state index in [1.807, 2.05) is 0 Å². The minimum atomic E-state index is -2.65. The standard InChI is InChI=1S/C12H16F2N2O/c1-17-7-11-6-12(13,14)8-16(11)10-4-2-9(15)3-5-10/h2-5,11H,6-8,15H2,1H3/t11-/m0/s1. The third-order valence-corrected chi connectivity index (χ3v) is 2.96. The first-order valence-corrected chi connectivity index (χ1v) is 5.51. The molecule has 0 amide bonds. The Bertz CT molecular complexity index is 381. The third-order valence-electron chi connectivity index (χ3n) is 2.96. The highest BCUT2D eigenvalue weighted by molar-refractivity contribution is 5.54. The van der Waals surface area contributed by atoms with Crippen molar-refractivity contribution in [2.75, 3.05) is 30.9 Å². The summed E-state index contributed by atoms with van der Waals surface area (Å²) in [6.45, 7) is 0.0465. The van der Waals surface area contributed by atoms with Crippen molar-refractivity contribution in [1.82, 2.24) is 0 Å².